The molecule has 0 amide bonds. The Hall–Kier alpha value is -0.110. The SMILES string of the molecule is CNCC1(F)CCC1. The second-order valence-electron chi connectivity index (χ2n) is 2.53. The Morgan fingerprint density at radius 2 is 2.25 bits per heavy atom. The standard InChI is InChI=1S/C6H12FN/c1-8-5-6(7)3-2-4-6/h8H,2-5H2,1H3. The third kappa shape index (κ3) is 0.996. The highest BCUT2D eigenvalue weighted by Crippen LogP contribution is 2.34. The highest BCUT2D eigenvalue weighted by molar-refractivity contribution is 4.89. The van der Waals surface area contributed by atoms with Crippen LogP contribution in [0.5, 0.6) is 0 Å². The van der Waals surface area contributed by atoms with Gasteiger partial charge < -0.3 is 5.32 Å². The largest absolute Gasteiger partial charge is 0.317 e. The summed E-state index contributed by atoms with van der Waals surface area (Å²) in [6.07, 6.45) is 2.58. The molecule has 1 nitrogen and oxygen atoms in total. The van der Waals surface area contributed by atoms with Gasteiger partial charge in [0.1, 0.15) is 5.67 Å². The summed E-state index contributed by atoms with van der Waals surface area (Å²) in [5.74, 6) is 0. The molecule has 0 spiro atoms. The fraction of sp³-hybridized carbons (Fsp3) is 1.00. The summed E-state index contributed by atoms with van der Waals surface area (Å²) in [5, 5.41) is 2.84. The Morgan fingerprint density at radius 1 is 1.62 bits per heavy atom. The lowest BCUT2D eigenvalue weighted by Crippen LogP contribution is -2.41. The van der Waals surface area contributed by atoms with E-state index < -0.39 is 5.67 Å². The second-order valence-corrected chi connectivity index (χ2v) is 2.53. The van der Waals surface area contributed by atoms with Crippen molar-refractivity contribution in [3.63, 3.8) is 0 Å². The van der Waals surface area contributed by atoms with Crippen molar-refractivity contribution in [3.8, 4) is 0 Å². The van der Waals surface area contributed by atoms with Gasteiger partial charge in [-0.1, -0.05) is 0 Å². The lowest BCUT2D eigenvalue weighted by atomic mass is 9.82. The molecular formula is C6H12FN. The molecule has 0 unspecified atom stereocenters. The fourth-order valence-corrected chi connectivity index (χ4v) is 1.05. The molecule has 0 saturated heterocycles. The van der Waals surface area contributed by atoms with Crippen molar-refractivity contribution in [2.75, 3.05) is 13.6 Å². The molecule has 2 heteroatoms. The third-order valence-corrected chi connectivity index (χ3v) is 1.74. The molecule has 0 radical (unpaired) electrons. The highest BCUT2D eigenvalue weighted by atomic mass is 19.1. The molecule has 1 saturated carbocycles. The maximum atomic E-state index is 12.8. The van der Waals surface area contributed by atoms with Gasteiger partial charge in [-0.05, 0) is 26.3 Å². The third-order valence-electron chi connectivity index (χ3n) is 1.74. The van der Waals surface area contributed by atoms with Crippen molar-refractivity contribution in [1.82, 2.24) is 5.32 Å². The van der Waals surface area contributed by atoms with Gasteiger partial charge in [0.2, 0.25) is 0 Å². The van der Waals surface area contributed by atoms with Crippen LogP contribution in [0.2, 0.25) is 0 Å². The van der Waals surface area contributed by atoms with Gasteiger partial charge in [-0.2, -0.15) is 0 Å². The average molecular weight is 117 g/mol. The van der Waals surface area contributed by atoms with E-state index in [1.165, 1.54) is 0 Å². The topological polar surface area (TPSA) is 12.0 Å². The molecule has 0 bridgehead atoms. The maximum Gasteiger partial charge on any atom is 0.123 e. The van der Waals surface area contributed by atoms with Crippen molar-refractivity contribution >= 4 is 0 Å². The summed E-state index contributed by atoms with van der Waals surface area (Å²) in [6, 6.07) is 0. The van der Waals surface area contributed by atoms with E-state index in [2.05, 4.69) is 5.32 Å². The van der Waals surface area contributed by atoms with Gasteiger partial charge in [-0.25, -0.2) is 4.39 Å². The van der Waals surface area contributed by atoms with Gasteiger partial charge in [-0.3, -0.25) is 0 Å². The summed E-state index contributed by atoms with van der Waals surface area (Å²) in [6.45, 7) is 0.535. The Balaban J connectivity index is 2.20. The first-order chi connectivity index (χ1) is 3.77. The molecule has 0 aromatic heterocycles. The van der Waals surface area contributed by atoms with Gasteiger partial charge in [0.05, 0.1) is 0 Å². The van der Waals surface area contributed by atoms with E-state index in [0.29, 0.717) is 6.54 Å². The van der Waals surface area contributed by atoms with Crippen LogP contribution in [0.3, 0.4) is 0 Å². The normalized spacial score (nSPS) is 24.8. The van der Waals surface area contributed by atoms with Gasteiger partial charge in [-0.15, -0.1) is 0 Å². The van der Waals surface area contributed by atoms with Crippen LogP contribution in [0, 0.1) is 0 Å². The van der Waals surface area contributed by atoms with E-state index in [9.17, 15) is 4.39 Å². The van der Waals surface area contributed by atoms with Crippen molar-refractivity contribution in [1.29, 1.82) is 0 Å². The minimum absolute atomic E-state index is 0.535. The Morgan fingerprint density at radius 3 is 2.38 bits per heavy atom. The van der Waals surface area contributed by atoms with E-state index in [1.54, 1.807) is 7.05 Å². The molecule has 0 aromatic carbocycles. The monoisotopic (exact) mass is 117 g/mol. The maximum absolute atomic E-state index is 12.8. The zero-order chi connectivity index (χ0) is 6.04. The Bertz CT molecular complexity index is 78.6. The first kappa shape index (κ1) is 6.02. The minimum Gasteiger partial charge on any atom is -0.317 e. The van der Waals surface area contributed by atoms with Crippen LogP contribution in [0.1, 0.15) is 19.3 Å². The Labute approximate surface area is 49.3 Å². The average Bonchev–Trinajstić information content (AvgIpc) is 1.64. The minimum atomic E-state index is -0.839. The van der Waals surface area contributed by atoms with Gasteiger partial charge in [0, 0.05) is 6.54 Å². The van der Waals surface area contributed by atoms with Crippen LogP contribution in [-0.4, -0.2) is 19.3 Å². The molecule has 0 aromatic rings. The number of hydrogen-bond donors (Lipinski definition) is 1. The van der Waals surface area contributed by atoms with Crippen LogP contribution >= 0.6 is 0 Å². The number of halogens is 1. The fourth-order valence-electron chi connectivity index (χ4n) is 1.05. The van der Waals surface area contributed by atoms with Crippen LogP contribution in [0.15, 0.2) is 0 Å². The van der Waals surface area contributed by atoms with E-state index in [0.717, 1.165) is 19.3 Å². The molecular weight excluding hydrogens is 105 g/mol. The number of hydrogen-bond acceptors (Lipinski definition) is 1. The van der Waals surface area contributed by atoms with E-state index in [4.69, 9.17) is 0 Å². The summed E-state index contributed by atoms with van der Waals surface area (Å²) in [4.78, 5) is 0. The van der Waals surface area contributed by atoms with Crippen LogP contribution in [-0.2, 0) is 0 Å². The van der Waals surface area contributed by atoms with E-state index >= 15 is 0 Å². The lowest BCUT2D eigenvalue weighted by Gasteiger charge is -2.33. The summed E-state index contributed by atoms with van der Waals surface area (Å²) >= 11 is 0. The molecule has 1 N–H and O–H groups in total. The molecule has 1 rings (SSSR count). The predicted octanol–water partition coefficient (Wildman–Crippen LogP) is 1.10. The molecule has 1 aliphatic rings. The smallest absolute Gasteiger partial charge is 0.123 e. The predicted molar refractivity (Wildman–Crippen MR) is 31.6 cm³/mol. The zero-order valence-corrected chi connectivity index (χ0v) is 5.21. The Kier molecular flexibility index (Phi) is 1.52. The molecule has 1 fully saturated rings. The quantitative estimate of drug-likeness (QED) is 0.571. The molecule has 0 aliphatic heterocycles. The lowest BCUT2D eigenvalue weighted by molar-refractivity contribution is 0.0656. The van der Waals surface area contributed by atoms with Crippen molar-refractivity contribution in [2.45, 2.75) is 24.9 Å². The first-order valence-electron chi connectivity index (χ1n) is 3.10. The van der Waals surface area contributed by atoms with Gasteiger partial charge in [0.15, 0.2) is 0 Å². The van der Waals surface area contributed by atoms with Gasteiger partial charge in [0.25, 0.3) is 0 Å². The van der Waals surface area contributed by atoms with Crippen LogP contribution < -0.4 is 5.32 Å². The van der Waals surface area contributed by atoms with E-state index in [1.807, 2.05) is 0 Å². The summed E-state index contributed by atoms with van der Waals surface area (Å²) in [7, 11) is 1.79. The second kappa shape index (κ2) is 2.02. The number of alkyl halides is 1. The summed E-state index contributed by atoms with van der Waals surface area (Å²) < 4.78 is 12.8. The van der Waals surface area contributed by atoms with Crippen molar-refractivity contribution in [2.24, 2.45) is 0 Å². The van der Waals surface area contributed by atoms with Gasteiger partial charge >= 0.3 is 0 Å². The first-order valence-corrected chi connectivity index (χ1v) is 3.10. The van der Waals surface area contributed by atoms with Crippen molar-refractivity contribution in [3.05, 3.63) is 0 Å². The number of rotatable bonds is 2. The zero-order valence-electron chi connectivity index (χ0n) is 5.21. The molecule has 0 heterocycles. The molecule has 0 atom stereocenters. The molecule has 1 aliphatic carbocycles. The van der Waals surface area contributed by atoms with Crippen LogP contribution in [0.25, 0.3) is 0 Å². The van der Waals surface area contributed by atoms with E-state index in [-0.39, 0.29) is 0 Å². The van der Waals surface area contributed by atoms with Crippen LogP contribution in [0.4, 0.5) is 4.39 Å². The number of nitrogens with one attached hydrogen (secondary N) is 1. The highest BCUT2D eigenvalue weighted by Gasteiger charge is 2.35. The molecule has 48 valence electrons. The van der Waals surface area contributed by atoms with Crippen molar-refractivity contribution < 1.29 is 4.39 Å². The molecule has 8 heavy (non-hydrogen) atoms. The summed E-state index contributed by atoms with van der Waals surface area (Å²) in [5.41, 5.74) is -0.839.